The number of anilines is 1. The number of ketones is 1. The van der Waals surface area contributed by atoms with Gasteiger partial charge in [0.2, 0.25) is 0 Å². The fourth-order valence-corrected chi connectivity index (χ4v) is 2.85. The van der Waals surface area contributed by atoms with Gasteiger partial charge in [-0.2, -0.15) is 0 Å². The number of rotatable bonds is 0. The smallest absolute Gasteiger partial charge is 0.299 e. The number of halogens is 1. The summed E-state index contributed by atoms with van der Waals surface area (Å²) in [7, 11) is 0. The molecule has 1 heterocycles. The van der Waals surface area contributed by atoms with Gasteiger partial charge in [-0.3, -0.25) is 14.5 Å². The van der Waals surface area contributed by atoms with Crippen LogP contribution in [0.25, 0.3) is 0 Å². The molecule has 0 aromatic heterocycles. The Balaban J connectivity index is 2.73. The van der Waals surface area contributed by atoms with E-state index in [1.807, 2.05) is 39.8 Å². The standard InChI is InChI=1S/C13H14BrNO2/c1-7-5-8(14)10-9(6-7)15(13(2,3)4)12(17)11(10)16/h5-6H,1-4H3. The number of Topliss-reactive ketones (excluding diaryl/α,β-unsaturated/α-hetero) is 1. The number of carbonyl (C=O) groups excluding carboxylic acids is 2. The number of hydrogen-bond donors (Lipinski definition) is 0. The van der Waals surface area contributed by atoms with Crippen molar-refractivity contribution >= 4 is 33.3 Å². The molecule has 0 atom stereocenters. The number of benzene rings is 1. The first-order valence-electron chi connectivity index (χ1n) is 5.42. The summed E-state index contributed by atoms with van der Waals surface area (Å²) in [5, 5.41) is 0. The van der Waals surface area contributed by atoms with Crippen molar-refractivity contribution in [3.8, 4) is 0 Å². The average Bonchev–Trinajstić information content (AvgIpc) is 2.37. The maximum Gasteiger partial charge on any atom is 0.300 e. The fraction of sp³-hybridized carbons (Fsp3) is 0.385. The molecule has 0 radical (unpaired) electrons. The molecule has 17 heavy (non-hydrogen) atoms. The summed E-state index contributed by atoms with van der Waals surface area (Å²) in [5.74, 6) is -0.874. The molecule has 90 valence electrons. The zero-order valence-corrected chi connectivity index (χ0v) is 11.9. The van der Waals surface area contributed by atoms with Crippen molar-refractivity contribution < 1.29 is 9.59 Å². The number of nitrogens with zero attached hydrogens (tertiary/aromatic N) is 1. The first kappa shape index (κ1) is 12.3. The summed E-state index contributed by atoms with van der Waals surface area (Å²) < 4.78 is 0.692. The second-order valence-corrected chi connectivity index (χ2v) is 6.14. The minimum atomic E-state index is -0.446. The van der Waals surface area contributed by atoms with E-state index in [1.54, 1.807) is 4.90 Å². The molecule has 0 aliphatic carbocycles. The van der Waals surface area contributed by atoms with Crippen LogP contribution in [0.15, 0.2) is 16.6 Å². The summed E-state index contributed by atoms with van der Waals surface area (Å²) in [6, 6.07) is 3.74. The predicted octanol–water partition coefficient (Wildman–Crippen LogP) is 3.09. The molecule has 1 aliphatic heterocycles. The van der Waals surface area contributed by atoms with Crippen LogP contribution in [0.5, 0.6) is 0 Å². The van der Waals surface area contributed by atoms with E-state index < -0.39 is 17.2 Å². The lowest BCUT2D eigenvalue weighted by Gasteiger charge is -2.31. The summed E-state index contributed by atoms with van der Waals surface area (Å²) in [5.41, 5.74) is 1.81. The first-order chi connectivity index (χ1) is 7.73. The van der Waals surface area contributed by atoms with Crippen LogP contribution in [0.3, 0.4) is 0 Å². The van der Waals surface area contributed by atoms with E-state index in [1.165, 1.54) is 0 Å². The molecule has 4 heteroatoms. The normalized spacial score (nSPS) is 15.5. The van der Waals surface area contributed by atoms with Gasteiger partial charge < -0.3 is 0 Å². The fourth-order valence-electron chi connectivity index (χ4n) is 2.11. The van der Waals surface area contributed by atoms with Gasteiger partial charge in [0, 0.05) is 10.0 Å². The highest BCUT2D eigenvalue weighted by molar-refractivity contribution is 9.10. The summed E-state index contributed by atoms with van der Waals surface area (Å²) in [4.78, 5) is 25.6. The molecule has 3 nitrogen and oxygen atoms in total. The largest absolute Gasteiger partial charge is 0.300 e. The second kappa shape index (κ2) is 3.67. The van der Waals surface area contributed by atoms with Crippen LogP contribution in [-0.4, -0.2) is 17.2 Å². The van der Waals surface area contributed by atoms with Crippen LogP contribution in [0.4, 0.5) is 5.69 Å². The Bertz CT molecular complexity index is 529. The Morgan fingerprint density at radius 3 is 2.29 bits per heavy atom. The molecule has 2 rings (SSSR count). The highest BCUT2D eigenvalue weighted by Crippen LogP contribution is 2.39. The second-order valence-electron chi connectivity index (χ2n) is 5.28. The number of fused-ring (bicyclic) bond motifs is 1. The third-order valence-corrected chi connectivity index (χ3v) is 3.38. The lowest BCUT2D eigenvalue weighted by molar-refractivity contribution is -0.115. The van der Waals surface area contributed by atoms with E-state index >= 15 is 0 Å². The molecule has 1 amide bonds. The van der Waals surface area contributed by atoms with E-state index in [9.17, 15) is 9.59 Å². The van der Waals surface area contributed by atoms with Gasteiger partial charge in [0.05, 0.1) is 11.3 Å². The zero-order chi connectivity index (χ0) is 13.0. The Morgan fingerprint density at radius 2 is 1.76 bits per heavy atom. The quantitative estimate of drug-likeness (QED) is 0.690. The molecule has 0 unspecified atom stereocenters. The molecular formula is C13H14BrNO2. The predicted molar refractivity (Wildman–Crippen MR) is 70.4 cm³/mol. The lowest BCUT2D eigenvalue weighted by atomic mass is 10.0. The third-order valence-electron chi connectivity index (χ3n) is 2.75. The van der Waals surface area contributed by atoms with Gasteiger partial charge in [-0.15, -0.1) is 0 Å². The molecule has 0 spiro atoms. The molecule has 1 aromatic carbocycles. The third kappa shape index (κ3) is 1.80. The van der Waals surface area contributed by atoms with Crippen LogP contribution < -0.4 is 4.90 Å². The van der Waals surface area contributed by atoms with Crippen molar-refractivity contribution in [2.24, 2.45) is 0 Å². The minimum absolute atomic E-state index is 0.398. The first-order valence-corrected chi connectivity index (χ1v) is 6.22. The van der Waals surface area contributed by atoms with Crippen LogP contribution in [-0.2, 0) is 4.79 Å². The molecule has 0 N–H and O–H groups in total. The number of amides is 1. The zero-order valence-electron chi connectivity index (χ0n) is 10.3. The summed E-state index contributed by atoms with van der Waals surface area (Å²) in [6.45, 7) is 7.70. The van der Waals surface area contributed by atoms with E-state index in [2.05, 4.69) is 15.9 Å². The SMILES string of the molecule is Cc1cc(Br)c2c(c1)N(C(C)(C)C)C(=O)C2=O. The van der Waals surface area contributed by atoms with Crippen molar-refractivity contribution in [1.82, 2.24) is 0 Å². The molecule has 0 fully saturated rings. The summed E-state index contributed by atoms with van der Waals surface area (Å²) in [6.07, 6.45) is 0. The van der Waals surface area contributed by atoms with E-state index in [-0.39, 0.29) is 0 Å². The number of aryl methyl sites for hydroxylation is 1. The van der Waals surface area contributed by atoms with Crippen molar-refractivity contribution in [3.05, 3.63) is 27.7 Å². The number of hydrogen-bond acceptors (Lipinski definition) is 2. The Kier molecular flexibility index (Phi) is 2.65. The number of carbonyl (C=O) groups is 2. The highest BCUT2D eigenvalue weighted by Gasteiger charge is 2.42. The van der Waals surface area contributed by atoms with Gasteiger partial charge in [0.15, 0.2) is 0 Å². The van der Waals surface area contributed by atoms with Gasteiger partial charge in [-0.25, -0.2) is 0 Å². The van der Waals surface area contributed by atoms with E-state index in [4.69, 9.17) is 0 Å². The van der Waals surface area contributed by atoms with Gasteiger partial charge in [-0.05, 0) is 61.3 Å². The maximum atomic E-state index is 12.0. The van der Waals surface area contributed by atoms with Gasteiger partial charge in [-0.1, -0.05) is 0 Å². The minimum Gasteiger partial charge on any atom is -0.299 e. The van der Waals surface area contributed by atoms with Gasteiger partial charge >= 0.3 is 0 Å². The Labute approximate surface area is 109 Å². The van der Waals surface area contributed by atoms with Crippen molar-refractivity contribution in [2.45, 2.75) is 33.2 Å². The molecule has 0 saturated heterocycles. The highest BCUT2D eigenvalue weighted by atomic mass is 79.9. The topological polar surface area (TPSA) is 37.4 Å². The van der Waals surface area contributed by atoms with Crippen LogP contribution in [0.2, 0.25) is 0 Å². The average molecular weight is 296 g/mol. The van der Waals surface area contributed by atoms with E-state index in [0.717, 1.165) is 5.56 Å². The van der Waals surface area contributed by atoms with Crippen LogP contribution in [0.1, 0.15) is 36.7 Å². The maximum absolute atomic E-state index is 12.0. The van der Waals surface area contributed by atoms with Crippen LogP contribution in [0, 0.1) is 6.92 Å². The molecule has 1 aromatic rings. The van der Waals surface area contributed by atoms with Crippen molar-refractivity contribution in [3.63, 3.8) is 0 Å². The molecule has 1 aliphatic rings. The Hall–Kier alpha value is -1.16. The van der Waals surface area contributed by atoms with Gasteiger partial charge in [0.25, 0.3) is 11.7 Å². The van der Waals surface area contributed by atoms with Crippen LogP contribution >= 0.6 is 15.9 Å². The monoisotopic (exact) mass is 295 g/mol. The lowest BCUT2D eigenvalue weighted by Crippen LogP contribution is -2.44. The van der Waals surface area contributed by atoms with Crippen molar-refractivity contribution in [1.29, 1.82) is 0 Å². The van der Waals surface area contributed by atoms with Gasteiger partial charge in [0.1, 0.15) is 0 Å². The molecular weight excluding hydrogens is 282 g/mol. The molecule has 0 bridgehead atoms. The molecule has 0 saturated carbocycles. The van der Waals surface area contributed by atoms with E-state index in [0.29, 0.717) is 15.7 Å². The Morgan fingerprint density at radius 1 is 1.18 bits per heavy atom. The summed E-state index contributed by atoms with van der Waals surface area (Å²) >= 11 is 3.36. The van der Waals surface area contributed by atoms with Crippen molar-refractivity contribution in [2.75, 3.05) is 4.90 Å².